The number of benzene rings is 1. The molecule has 2 heterocycles. The molecule has 8 heteroatoms. The highest BCUT2D eigenvalue weighted by Crippen LogP contribution is 2.15. The van der Waals surface area contributed by atoms with Crippen molar-refractivity contribution in [3.8, 4) is 17.1 Å². The number of pyridine rings is 1. The van der Waals surface area contributed by atoms with Crippen molar-refractivity contribution >= 4 is 5.91 Å². The van der Waals surface area contributed by atoms with Gasteiger partial charge in [0.2, 0.25) is 17.6 Å². The predicted octanol–water partition coefficient (Wildman–Crippen LogP) is 2.74. The van der Waals surface area contributed by atoms with E-state index in [1.54, 1.807) is 48.6 Å². The van der Waals surface area contributed by atoms with Gasteiger partial charge in [0.15, 0.2) is 0 Å². The van der Waals surface area contributed by atoms with Crippen LogP contribution >= 0.6 is 0 Å². The topological polar surface area (TPSA) is 81.4 Å². The summed E-state index contributed by atoms with van der Waals surface area (Å²) < 4.78 is 23.5. The maximum atomic E-state index is 12.8. The summed E-state index contributed by atoms with van der Waals surface area (Å²) in [6.45, 7) is 0.739. The Morgan fingerprint density at radius 2 is 1.93 bits per heavy atom. The maximum Gasteiger partial charge on any atom is 0.227 e. The molecule has 3 rings (SSSR count). The second-order valence-corrected chi connectivity index (χ2v) is 5.87. The van der Waals surface area contributed by atoms with Gasteiger partial charge in [0, 0.05) is 37.8 Å². The molecule has 0 unspecified atom stereocenters. The van der Waals surface area contributed by atoms with Crippen molar-refractivity contribution in [3.05, 3.63) is 60.5 Å². The number of hydrogen-bond acceptors (Lipinski definition) is 6. The Morgan fingerprint density at radius 3 is 2.67 bits per heavy atom. The van der Waals surface area contributed by atoms with E-state index >= 15 is 0 Å². The largest absolute Gasteiger partial charge is 0.492 e. The molecule has 0 aliphatic rings. The number of aryl methyl sites for hydroxylation is 1. The summed E-state index contributed by atoms with van der Waals surface area (Å²) in [5.41, 5.74) is 0.807. The second kappa shape index (κ2) is 8.88. The molecule has 2 aromatic heterocycles. The standard InChI is InChI=1S/C19H19FN4O3/c1-24(12-13-26-16-4-2-15(20)3-5-16)18(25)7-6-17-22-19(23-27-17)14-8-10-21-11-9-14/h2-5,8-11H,6-7,12-13H2,1H3. The molecule has 0 saturated carbocycles. The van der Waals surface area contributed by atoms with Crippen LogP contribution in [-0.2, 0) is 11.2 Å². The Kier molecular flexibility index (Phi) is 6.09. The van der Waals surface area contributed by atoms with Crippen molar-refractivity contribution in [2.45, 2.75) is 12.8 Å². The number of hydrogen-bond donors (Lipinski definition) is 0. The van der Waals surface area contributed by atoms with Gasteiger partial charge in [-0.25, -0.2) is 4.39 Å². The maximum absolute atomic E-state index is 12.8. The molecule has 0 radical (unpaired) electrons. The number of aromatic nitrogens is 3. The number of carbonyl (C=O) groups excluding carboxylic acids is 1. The third kappa shape index (κ3) is 5.34. The summed E-state index contributed by atoms with van der Waals surface area (Å²) >= 11 is 0. The van der Waals surface area contributed by atoms with Crippen LogP contribution in [0.1, 0.15) is 12.3 Å². The molecule has 0 aliphatic carbocycles. The zero-order chi connectivity index (χ0) is 19.1. The first-order valence-corrected chi connectivity index (χ1v) is 8.47. The van der Waals surface area contributed by atoms with Crippen molar-refractivity contribution in [1.82, 2.24) is 20.0 Å². The predicted molar refractivity (Wildman–Crippen MR) is 95.4 cm³/mol. The second-order valence-electron chi connectivity index (χ2n) is 5.87. The fraction of sp³-hybridized carbons (Fsp3) is 0.263. The first kappa shape index (κ1) is 18.5. The van der Waals surface area contributed by atoms with E-state index in [1.165, 1.54) is 12.1 Å². The molecule has 0 aliphatic heterocycles. The Balaban J connectivity index is 1.42. The van der Waals surface area contributed by atoms with Crippen LogP contribution < -0.4 is 4.74 Å². The number of amides is 1. The SMILES string of the molecule is CN(CCOc1ccc(F)cc1)C(=O)CCc1nc(-c2ccncc2)no1. The fourth-order valence-electron chi connectivity index (χ4n) is 2.34. The average Bonchev–Trinajstić information content (AvgIpc) is 3.17. The molecule has 0 saturated heterocycles. The Morgan fingerprint density at radius 1 is 1.19 bits per heavy atom. The molecule has 1 amide bonds. The summed E-state index contributed by atoms with van der Waals surface area (Å²) in [5.74, 6) is 1.07. The minimum Gasteiger partial charge on any atom is -0.492 e. The van der Waals surface area contributed by atoms with Crippen LogP contribution in [-0.4, -0.2) is 46.1 Å². The number of halogens is 1. The van der Waals surface area contributed by atoms with Crippen LogP contribution in [0.25, 0.3) is 11.4 Å². The lowest BCUT2D eigenvalue weighted by Crippen LogP contribution is -2.31. The average molecular weight is 370 g/mol. The van der Waals surface area contributed by atoms with Gasteiger partial charge < -0.3 is 14.2 Å². The summed E-state index contributed by atoms with van der Waals surface area (Å²) in [6, 6.07) is 9.33. The van der Waals surface area contributed by atoms with Gasteiger partial charge >= 0.3 is 0 Å². The van der Waals surface area contributed by atoms with E-state index in [-0.39, 0.29) is 18.1 Å². The number of rotatable bonds is 8. The van der Waals surface area contributed by atoms with E-state index in [0.717, 1.165) is 5.56 Å². The zero-order valence-corrected chi connectivity index (χ0v) is 14.8. The van der Waals surface area contributed by atoms with E-state index in [9.17, 15) is 9.18 Å². The lowest BCUT2D eigenvalue weighted by Gasteiger charge is -2.17. The molecule has 7 nitrogen and oxygen atoms in total. The number of carbonyl (C=O) groups is 1. The van der Waals surface area contributed by atoms with Gasteiger partial charge in [-0.05, 0) is 36.4 Å². The van der Waals surface area contributed by atoms with E-state index in [4.69, 9.17) is 9.26 Å². The van der Waals surface area contributed by atoms with Crippen molar-refractivity contribution in [1.29, 1.82) is 0 Å². The molecule has 1 aromatic carbocycles. The van der Waals surface area contributed by atoms with Crippen molar-refractivity contribution < 1.29 is 18.4 Å². The monoisotopic (exact) mass is 370 g/mol. The smallest absolute Gasteiger partial charge is 0.227 e. The van der Waals surface area contributed by atoms with E-state index in [0.29, 0.717) is 37.0 Å². The highest BCUT2D eigenvalue weighted by atomic mass is 19.1. The number of likely N-dealkylation sites (N-methyl/N-ethyl adjacent to an activating group) is 1. The summed E-state index contributed by atoms with van der Waals surface area (Å²) in [5, 5.41) is 3.91. The van der Waals surface area contributed by atoms with Gasteiger partial charge in [0.25, 0.3) is 0 Å². The van der Waals surface area contributed by atoms with E-state index < -0.39 is 0 Å². The minimum atomic E-state index is -0.317. The molecular weight excluding hydrogens is 351 g/mol. The summed E-state index contributed by atoms with van der Waals surface area (Å²) in [4.78, 5) is 22.0. The molecule has 0 bridgehead atoms. The van der Waals surface area contributed by atoms with Gasteiger partial charge in [-0.15, -0.1) is 0 Å². The first-order valence-electron chi connectivity index (χ1n) is 8.47. The minimum absolute atomic E-state index is 0.0543. The van der Waals surface area contributed by atoms with Crippen LogP contribution in [0.2, 0.25) is 0 Å². The van der Waals surface area contributed by atoms with E-state index in [2.05, 4.69) is 15.1 Å². The van der Waals surface area contributed by atoms with Crippen molar-refractivity contribution in [2.24, 2.45) is 0 Å². The third-order valence-electron chi connectivity index (χ3n) is 3.89. The lowest BCUT2D eigenvalue weighted by atomic mass is 10.2. The zero-order valence-electron chi connectivity index (χ0n) is 14.8. The molecular formula is C19H19FN4O3. The Bertz CT molecular complexity index is 868. The highest BCUT2D eigenvalue weighted by Gasteiger charge is 2.13. The van der Waals surface area contributed by atoms with E-state index in [1.807, 2.05) is 0 Å². The molecule has 0 atom stereocenters. The molecule has 140 valence electrons. The Hall–Kier alpha value is -3.29. The summed E-state index contributed by atoms with van der Waals surface area (Å²) in [7, 11) is 1.70. The normalized spacial score (nSPS) is 10.6. The van der Waals surface area contributed by atoms with Gasteiger partial charge in [0.05, 0.1) is 6.54 Å². The van der Waals surface area contributed by atoms with Crippen LogP contribution in [0, 0.1) is 5.82 Å². The third-order valence-corrected chi connectivity index (χ3v) is 3.89. The first-order chi connectivity index (χ1) is 13.1. The highest BCUT2D eigenvalue weighted by molar-refractivity contribution is 5.76. The van der Waals surface area contributed by atoms with Crippen molar-refractivity contribution in [2.75, 3.05) is 20.2 Å². The number of ether oxygens (including phenoxy) is 1. The lowest BCUT2D eigenvalue weighted by molar-refractivity contribution is -0.130. The van der Waals surface area contributed by atoms with Gasteiger partial charge in [-0.2, -0.15) is 4.98 Å². The summed E-state index contributed by atoms with van der Waals surface area (Å²) in [6.07, 6.45) is 3.92. The Labute approximate surface area is 155 Å². The van der Waals surface area contributed by atoms with Gasteiger partial charge in [-0.1, -0.05) is 5.16 Å². The molecule has 0 spiro atoms. The number of nitrogens with zero attached hydrogens (tertiary/aromatic N) is 4. The molecule has 0 fully saturated rings. The molecule has 27 heavy (non-hydrogen) atoms. The molecule has 3 aromatic rings. The fourth-order valence-corrected chi connectivity index (χ4v) is 2.34. The van der Waals surface area contributed by atoms with Crippen molar-refractivity contribution in [3.63, 3.8) is 0 Å². The van der Waals surface area contributed by atoms with Crippen LogP contribution in [0.3, 0.4) is 0 Å². The van der Waals surface area contributed by atoms with Gasteiger partial charge in [-0.3, -0.25) is 9.78 Å². The van der Waals surface area contributed by atoms with Gasteiger partial charge in [0.1, 0.15) is 18.2 Å². The van der Waals surface area contributed by atoms with Crippen LogP contribution in [0.15, 0.2) is 53.3 Å². The van der Waals surface area contributed by atoms with Crippen LogP contribution in [0.4, 0.5) is 4.39 Å². The van der Waals surface area contributed by atoms with Crippen LogP contribution in [0.5, 0.6) is 5.75 Å². The quantitative estimate of drug-likeness (QED) is 0.606. The molecule has 0 N–H and O–H groups in total.